The van der Waals surface area contributed by atoms with E-state index in [0.29, 0.717) is 37.3 Å². The normalized spacial score (nSPS) is 19.8. The zero-order chi connectivity index (χ0) is 18.6. The standard InChI is InChI=1S/C20H22N2O4/c1-20(19(24)25)8-4-10-22(14-20)18(23)16-6-2-7-17(11-16)26-13-15-5-3-9-21-12-15/h2-3,5-7,9,11-12H,4,8,10,13-14H2,1H3,(H,24,25). The maximum atomic E-state index is 12.8. The Kier molecular flexibility index (Phi) is 5.21. The Balaban J connectivity index is 1.69. The van der Waals surface area contributed by atoms with Crippen molar-refractivity contribution in [3.63, 3.8) is 0 Å². The summed E-state index contributed by atoms with van der Waals surface area (Å²) in [5.74, 6) is -0.426. The number of pyridine rings is 1. The molecule has 6 nitrogen and oxygen atoms in total. The van der Waals surface area contributed by atoms with E-state index in [9.17, 15) is 14.7 Å². The number of amides is 1. The fourth-order valence-electron chi connectivity index (χ4n) is 3.14. The topological polar surface area (TPSA) is 79.7 Å². The molecule has 0 saturated carbocycles. The van der Waals surface area contributed by atoms with Crippen LogP contribution in [0.25, 0.3) is 0 Å². The quantitative estimate of drug-likeness (QED) is 0.893. The number of hydrogen-bond acceptors (Lipinski definition) is 4. The van der Waals surface area contributed by atoms with Crippen molar-refractivity contribution >= 4 is 11.9 Å². The van der Waals surface area contributed by atoms with E-state index in [1.165, 1.54) is 0 Å². The maximum Gasteiger partial charge on any atom is 0.311 e. The third kappa shape index (κ3) is 4.02. The molecule has 2 aromatic rings. The summed E-state index contributed by atoms with van der Waals surface area (Å²) in [6.07, 6.45) is 4.70. The molecule has 1 unspecified atom stereocenters. The smallest absolute Gasteiger partial charge is 0.311 e. The number of benzene rings is 1. The van der Waals surface area contributed by atoms with Crippen LogP contribution in [0.2, 0.25) is 0 Å². The number of carbonyl (C=O) groups is 2. The first kappa shape index (κ1) is 17.9. The van der Waals surface area contributed by atoms with Gasteiger partial charge in [-0.15, -0.1) is 0 Å². The van der Waals surface area contributed by atoms with E-state index in [0.717, 1.165) is 5.56 Å². The summed E-state index contributed by atoms with van der Waals surface area (Å²) in [6, 6.07) is 10.8. The molecule has 1 amide bonds. The summed E-state index contributed by atoms with van der Waals surface area (Å²) in [4.78, 5) is 30.0. The van der Waals surface area contributed by atoms with E-state index in [1.54, 1.807) is 48.5 Å². The molecule has 1 saturated heterocycles. The number of aromatic nitrogens is 1. The molecule has 1 aromatic carbocycles. The number of aliphatic carboxylic acids is 1. The number of likely N-dealkylation sites (tertiary alicyclic amines) is 1. The van der Waals surface area contributed by atoms with Crippen LogP contribution in [-0.4, -0.2) is 40.0 Å². The SMILES string of the molecule is CC1(C(=O)O)CCCN(C(=O)c2cccc(OCc3cccnc3)c2)C1. The van der Waals surface area contributed by atoms with Gasteiger partial charge in [-0.1, -0.05) is 12.1 Å². The zero-order valence-corrected chi connectivity index (χ0v) is 14.7. The van der Waals surface area contributed by atoms with Crippen LogP contribution in [0.4, 0.5) is 0 Å². The Hall–Kier alpha value is -2.89. The molecule has 1 aliphatic heterocycles. The van der Waals surface area contributed by atoms with Crippen molar-refractivity contribution in [2.24, 2.45) is 5.41 Å². The molecule has 0 radical (unpaired) electrons. The number of rotatable bonds is 5. The minimum atomic E-state index is -0.887. The first-order valence-corrected chi connectivity index (χ1v) is 8.62. The van der Waals surface area contributed by atoms with Gasteiger partial charge in [-0.05, 0) is 44.0 Å². The minimum Gasteiger partial charge on any atom is -0.489 e. The van der Waals surface area contributed by atoms with E-state index in [4.69, 9.17) is 4.74 Å². The van der Waals surface area contributed by atoms with Gasteiger partial charge in [0.15, 0.2) is 0 Å². The van der Waals surface area contributed by atoms with Crippen LogP contribution in [0.3, 0.4) is 0 Å². The van der Waals surface area contributed by atoms with Crippen molar-refractivity contribution in [1.29, 1.82) is 0 Å². The zero-order valence-electron chi connectivity index (χ0n) is 14.7. The second kappa shape index (κ2) is 7.56. The molecular formula is C20H22N2O4. The molecular weight excluding hydrogens is 332 g/mol. The lowest BCUT2D eigenvalue weighted by Gasteiger charge is -2.37. The van der Waals surface area contributed by atoms with Gasteiger partial charge in [0.05, 0.1) is 5.41 Å². The Morgan fingerprint density at radius 3 is 2.88 bits per heavy atom. The highest BCUT2D eigenvalue weighted by atomic mass is 16.5. The predicted molar refractivity (Wildman–Crippen MR) is 95.9 cm³/mol. The molecule has 0 aliphatic carbocycles. The average molecular weight is 354 g/mol. The van der Waals surface area contributed by atoms with Crippen LogP contribution in [-0.2, 0) is 11.4 Å². The van der Waals surface area contributed by atoms with E-state index in [1.807, 2.05) is 12.1 Å². The molecule has 136 valence electrons. The summed E-state index contributed by atoms with van der Waals surface area (Å²) in [5.41, 5.74) is 0.559. The van der Waals surface area contributed by atoms with Crippen molar-refractivity contribution in [3.05, 3.63) is 59.9 Å². The summed E-state index contributed by atoms with van der Waals surface area (Å²) in [5, 5.41) is 9.43. The van der Waals surface area contributed by atoms with Gasteiger partial charge in [0.2, 0.25) is 0 Å². The van der Waals surface area contributed by atoms with Gasteiger partial charge >= 0.3 is 5.97 Å². The average Bonchev–Trinajstić information content (AvgIpc) is 2.67. The van der Waals surface area contributed by atoms with Crippen molar-refractivity contribution in [1.82, 2.24) is 9.88 Å². The molecule has 1 aromatic heterocycles. The Morgan fingerprint density at radius 2 is 2.15 bits per heavy atom. The van der Waals surface area contributed by atoms with E-state index < -0.39 is 11.4 Å². The lowest BCUT2D eigenvalue weighted by Crippen LogP contribution is -2.48. The van der Waals surface area contributed by atoms with Gasteiger partial charge in [0.1, 0.15) is 12.4 Å². The van der Waals surface area contributed by atoms with Crippen LogP contribution in [0.15, 0.2) is 48.8 Å². The van der Waals surface area contributed by atoms with Crippen LogP contribution >= 0.6 is 0 Å². The number of hydrogen-bond donors (Lipinski definition) is 1. The maximum absolute atomic E-state index is 12.8. The first-order chi connectivity index (χ1) is 12.5. The lowest BCUT2D eigenvalue weighted by molar-refractivity contribution is -0.150. The second-order valence-corrected chi connectivity index (χ2v) is 6.87. The number of piperidine rings is 1. The molecule has 1 aliphatic rings. The fourth-order valence-corrected chi connectivity index (χ4v) is 3.14. The van der Waals surface area contributed by atoms with Gasteiger partial charge in [-0.2, -0.15) is 0 Å². The summed E-state index contributed by atoms with van der Waals surface area (Å²) in [6.45, 7) is 2.86. The lowest BCUT2D eigenvalue weighted by atomic mass is 9.82. The second-order valence-electron chi connectivity index (χ2n) is 6.87. The summed E-state index contributed by atoms with van der Waals surface area (Å²) in [7, 11) is 0. The van der Waals surface area contributed by atoms with Gasteiger partial charge in [0.25, 0.3) is 5.91 Å². The van der Waals surface area contributed by atoms with Crippen LogP contribution in [0.1, 0.15) is 35.7 Å². The van der Waals surface area contributed by atoms with Gasteiger partial charge in [0, 0.05) is 36.6 Å². The first-order valence-electron chi connectivity index (χ1n) is 8.62. The minimum absolute atomic E-state index is 0.163. The molecule has 26 heavy (non-hydrogen) atoms. The molecule has 6 heteroatoms. The largest absolute Gasteiger partial charge is 0.489 e. The predicted octanol–water partition coefficient (Wildman–Crippen LogP) is 2.99. The van der Waals surface area contributed by atoms with Crippen molar-refractivity contribution in [2.75, 3.05) is 13.1 Å². The molecule has 0 spiro atoms. The molecule has 0 bridgehead atoms. The molecule has 1 fully saturated rings. The number of ether oxygens (including phenoxy) is 1. The molecule has 2 heterocycles. The van der Waals surface area contributed by atoms with E-state index >= 15 is 0 Å². The molecule has 1 N–H and O–H groups in total. The van der Waals surface area contributed by atoms with Gasteiger partial charge < -0.3 is 14.7 Å². The summed E-state index contributed by atoms with van der Waals surface area (Å²) >= 11 is 0. The van der Waals surface area contributed by atoms with Crippen LogP contribution < -0.4 is 4.74 Å². The van der Waals surface area contributed by atoms with E-state index in [2.05, 4.69) is 4.98 Å². The highest BCUT2D eigenvalue weighted by molar-refractivity contribution is 5.95. The van der Waals surface area contributed by atoms with Crippen molar-refractivity contribution in [3.8, 4) is 5.75 Å². The summed E-state index contributed by atoms with van der Waals surface area (Å²) < 4.78 is 5.74. The van der Waals surface area contributed by atoms with Crippen molar-refractivity contribution < 1.29 is 19.4 Å². The van der Waals surface area contributed by atoms with Gasteiger partial charge in [-0.25, -0.2) is 0 Å². The highest BCUT2D eigenvalue weighted by Crippen LogP contribution is 2.30. The monoisotopic (exact) mass is 354 g/mol. The third-order valence-electron chi connectivity index (χ3n) is 4.71. The highest BCUT2D eigenvalue weighted by Gasteiger charge is 2.39. The molecule has 3 rings (SSSR count). The third-order valence-corrected chi connectivity index (χ3v) is 4.71. The van der Waals surface area contributed by atoms with Crippen molar-refractivity contribution in [2.45, 2.75) is 26.4 Å². The number of carboxylic acids is 1. The Morgan fingerprint density at radius 1 is 1.31 bits per heavy atom. The fraction of sp³-hybridized carbons (Fsp3) is 0.350. The molecule has 1 atom stereocenters. The Labute approximate surface area is 152 Å². The Bertz CT molecular complexity index is 793. The number of carbonyl (C=O) groups excluding carboxylic acids is 1. The number of nitrogens with zero attached hydrogens (tertiary/aromatic N) is 2. The van der Waals surface area contributed by atoms with Gasteiger partial charge in [-0.3, -0.25) is 14.6 Å². The van der Waals surface area contributed by atoms with Crippen LogP contribution in [0.5, 0.6) is 5.75 Å². The van der Waals surface area contributed by atoms with Crippen LogP contribution in [0, 0.1) is 5.41 Å². The van der Waals surface area contributed by atoms with E-state index in [-0.39, 0.29) is 12.5 Å². The number of carboxylic acid groups (broad SMARTS) is 1.